The number of piperidine rings is 1. The summed E-state index contributed by atoms with van der Waals surface area (Å²) in [6.45, 7) is 6.23. The van der Waals surface area contributed by atoms with Crippen molar-refractivity contribution in [2.75, 3.05) is 13.1 Å². The van der Waals surface area contributed by atoms with Crippen molar-refractivity contribution >= 4 is 11.9 Å². The molecule has 2 N–H and O–H groups in total. The minimum absolute atomic E-state index is 0.102. The van der Waals surface area contributed by atoms with Crippen molar-refractivity contribution in [1.82, 2.24) is 35.7 Å². The molecule has 0 bridgehead atoms. The van der Waals surface area contributed by atoms with Crippen LogP contribution in [0.3, 0.4) is 0 Å². The Kier molecular flexibility index (Phi) is 6.26. The van der Waals surface area contributed by atoms with Gasteiger partial charge in [0.15, 0.2) is 5.82 Å². The molecule has 1 fully saturated rings. The summed E-state index contributed by atoms with van der Waals surface area (Å²) >= 11 is 0. The van der Waals surface area contributed by atoms with Gasteiger partial charge in [0, 0.05) is 19.1 Å². The van der Waals surface area contributed by atoms with Gasteiger partial charge in [-0.1, -0.05) is 0 Å². The molecule has 2 heterocycles. The lowest BCUT2D eigenvalue weighted by Crippen LogP contribution is -2.49. The van der Waals surface area contributed by atoms with Crippen LogP contribution in [0.25, 0.3) is 0 Å². The van der Waals surface area contributed by atoms with Gasteiger partial charge in [-0.15, -0.1) is 10.2 Å². The van der Waals surface area contributed by atoms with Crippen molar-refractivity contribution in [2.45, 2.75) is 64.3 Å². The van der Waals surface area contributed by atoms with Gasteiger partial charge in [0.1, 0.15) is 6.42 Å². The molecule has 9 nitrogen and oxygen atoms in total. The van der Waals surface area contributed by atoms with Crippen LogP contribution in [0, 0.1) is 0 Å². The number of nitrogens with one attached hydrogen (secondary N) is 2. The zero-order chi connectivity index (χ0) is 20.2. The minimum atomic E-state index is -4.51. The van der Waals surface area contributed by atoms with E-state index in [1.807, 2.05) is 20.8 Å². The SMILES string of the molecule is CC(C)(C)n1nnc(CNC(=O)NC2CCN(C(=O)CC(F)(F)F)CC2)n1. The molecular weight excluding hydrogens is 367 g/mol. The molecule has 1 aromatic heterocycles. The summed E-state index contributed by atoms with van der Waals surface area (Å²) in [4.78, 5) is 26.1. The van der Waals surface area contributed by atoms with Crippen molar-refractivity contribution in [3.05, 3.63) is 5.82 Å². The highest BCUT2D eigenvalue weighted by atomic mass is 19.4. The molecule has 0 aromatic carbocycles. The summed E-state index contributed by atoms with van der Waals surface area (Å²) in [6.07, 6.45) is -5.16. The quantitative estimate of drug-likeness (QED) is 0.802. The number of nitrogens with zero attached hydrogens (tertiary/aromatic N) is 5. The van der Waals surface area contributed by atoms with E-state index in [9.17, 15) is 22.8 Å². The molecule has 1 saturated heterocycles. The average molecular weight is 391 g/mol. The van der Waals surface area contributed by atoms with Gasteiger partial charge in [-0.2, -0.15) is 18.0 Å². The van der Waals surface area contributed by atoms with Crippen LogP contribution in [-0.4, -0.2) is 62.4 Å². The predicted molar refractivity (Wildman–Crippen MR) is 88.5 cm³/mol. The zero-order valence-corrected chi connectivity index (χ0v) is 15.5. The van der Waals surface area contributed by atoms with Crippen molar-refractivity contribution < 1.29 is 22.8 Å². The van der Waals surface area contributed by atoms with E-state index in [-0.39, 0.29) is 31.2 Å². The van der Waals surface area contributed by atoms with Crippen molar-refractivity contribution in [3.8, 4) is 0 Å². The maximum absolute atomic E-state index is 12.3. The Balaban J connectivity index is 1.71. The summed E-state index contributed by atoms with van der Waals surface area (Å²) in [5.41, 5.74) is -0.314. The molecule has 1 aliphatic rings. The first kappa shape index (κ1) is 20.9. The molecule has 2 rings (SSSR count). The van der Waals surface area contributed by atoms with Crippen LogP contribution >= 0.6 is 0 Å². The molecule has 12 heteroatoms. The van der Waals surface area contributed by atoms with Gasteiger partial charge in [-0.25, -0.2) is 4.79 Å². The number of tetrazole rings is 1. The Bertz CT molecular complexity index is 661. The van der Waals surface area contributed by atoms with Crippen LogP contribution < -0.4 is 10.6 Å². The standard InChI is InChI=1S/C15H24F3N7O2/c1-14(2,3)25-22-11(21-23-25)9-19-13(27)20-10-4-6-24(7-5-10)12(26)8-15(16,17)18/h10H,4-9H2,1-3H3,(H2,19,20,27). The molecule has 1 aliphatic heterocycles. The van der Waals surface area contributed by atoms with Crippen LogP contribution in [0.4, 0.5) is 18.0 Å². The normalized spacial score (nSPS) is 16.3. The van der Waals surface area contributed by atoms with Crippen molar-refractivity contribution in [3.63, 3.8) is 0 Å². The number of urea groups is 1. The van der Waals surface area contributed by atoms with Gasteiger partial charge in [0.05, 0.1) is 12.1 Å². The lowest BCUT2D eigenvalue weighted by molar-refractivity contribution is -0.162. The zero-order valence-electron chi connectivity index (χ0n) is 15.5. The first-order valence-corrected chi connectivity index (χ1v) is 8.62. The highest BCUT2D eigenvalue weighted by Crippen LogP contribution is 2.22. The largest absolute Gasteiger partial charge is 0.397 e. The molecule has 0 unspecified atom stereocenters. The number of carbonyl (C=O) groups excluding carboxylic acids is 2. The molecular formula is C15H24F3N7O2. The molecule has 0 radical (unpaired) electrons. The predicted octanol–water partition coefficient (Wildman–Crippen LogP) is 1.17. The number of carbonyl (C=O) groups is 2. The van der Waals surface area contributed by atoms with Crippen LogP contribution in [0.15, 0.2) is 0 Å². The Labute approximate surface area is 154 Å². The highest BCUT2D eigenvalue weighted by molar-refractivity contribution is 5.77. The molecule has 27 heavy (non-hydrogen) atoms. The Morgan fingerprint density at radius 1 is 1.19 bits per heavy atom. The van der Waals surface area contributed by atoms with Crippen molar-refractivity contribution in [1.29, 1.82) is 0 Å². The van der Waals surface area contributed by atoms with E-state index in [1.54, 1.807) is 0 Å². The van der Waals surface area contributed by atoms with Crippen molar-refractivity contribution in [2.24, 2.45) is 0 Å². The lowest BCUT2D eigenvalue weighted by Gasteiger charge is -2.32. The second-order valence-electron chi connectivity index (χ2n) is 7.44. The van der Waals surface area contributed by atoms with Gasteiger partial charge >= 0.3 is 12.2 Å². The van der Waals surface area contributed by atoms with Gasteiger partial charge < -0.3 is 15.5 Å². The second kappa shape index (κ2) is 8.09. The summed E-state index contributed by atoms with van der Waals surface area (Å²) in [5.74, 6) is -0.564. The van der Waals surface area contributed by atoms with Crippen LogP contribution in [0.1, 0.15) is 45.9 Å². The number of amides is 3. The van der Waals surface area contributed by atoms with E-state index in [0.717, 1.165) is 0 Å². The number of rotatable bonds is 4. The second-order valence-corrected chi connectivity index (χ2v) is 7.44. The minimum Gasteiger partial charge on any atom is -0.342 e. The Hall–Kier alpha value is -2.40. The molecule has 0 aliphatic carbocycles. The maximum Gasteiger partial charge on any atom is 0.397 e. The third kappa shape index (κ3) is 6.68. The Morgan fingerprint density at radius 2 is 1.81 bits per heavy atom. The topological polar surface area (TPSA) is 105 Å². The van der Waals surface area contributed by atoms with E-state index >= 15 is 0 Å². The number of alkyl halides is 3. The van der Waals surface area contributed by atoms with E-state index in [2.05, 4.69) is 26.0 Å². The highest BCUT2D eigenvalue weighted by Gasteiger charge is 2.34. The number of likely N-dealkylation sites (tertiary alicyclic amines) is 1. The molecule has 0 atom stereocenters. The van der Waals surface area contributed by atoms with Crippen LogP contribution in [0.5, 0.6) is 0 Å². The maximum atomic E-state index is 12.3. The number of aromatic nitrogens is 4. The van der Waals surface area contributed by atoms with Gasteiger partial charge in [-0.05, 0) is 38.8 Å². The van der Waals surface area contributed by atoms with E-state index in [4.69, 9.17) is 0 Å². The van der Waals surface area contributed by atoms with Crippen LogP contribution in [0.2, 0.25) is 0 Å². The molecule has 0 spiro atoms. The number of hydrogen-bond acceptors (Lipinski definition) is 5. The summed E-state index contributed by atoms with van der Waals surface area (Å²) in [5, 5.41) is 17.3. The summed E-state index contributed by atoms with van der Waals surface area (Å²) in [6, 6.07) is -0.639. The van der Waals surface area contributed by atoms with E-state index < -0.39 is 24.5 Å². The average Bonchev–Trinajstić information content (AvgIpc) is 3.01. The fraction of sp³-hybridized carbons (Fsp3) is 0.800. The van der Waals surface area contributed by atoms with Gasteiger partial charge in [-0.3, -0.25) is 4.79 Å². The lowest BCUT2D eigenvalue weighted by atomic mass is 10.0. The monoisotopic (exact) mass is 391 g/mol. The van der Waals surface area contributed by atoms with E-state index in [1.165, 1.54) is 9.70 Å². The number of halogens is 3. The fourth-order valence-electron chi connectivity index (χ4n) is 2.55. The van der Waals surface area contributed by atoms with Gasteiger partial charge in [0.2, 0.25) is 5.91 Å². The Morgan fingerprint density at radius 3 is 2.33 bits per heavy atom. The third-order valence-electron chi connectivity index (χ3n) is 4.00. The molecule has 152 valence electrons. The molecule has 1 aromatic rings. The number of hydrogen-bond donors (Lipinski definition) is 2. The molecule has 0 saturated carbocycles. The fourth-order valence-corrected chi connectivity index (χ4v) is 2.55. The third-order valence-corrected chi connectivity index (χ3v) is 4.00. The first-order chi connectivity index (χ1) is 12.4. The first-order valence-electron chi connectivity index (χ1n) is 8.62. The smallest absolute Gasteiger partial charge is 0.342 e. The summed E-state index contributed by atoms with van der Waals surface area (Å²) in [7, 11) is 0. The summed E-state index contributed by atoms with van der Waals surface area (Å²) < 4.78 is 36.8. The van der Waals surface area contributed by atoms with Gasteiger partial charge in [0.25, 0.3) is 0 Å². The van der Waals surface area contributed by atoms with Crippen LogP contribution in [-0.2, 0) is 16.9 Å². The van der Waals surface area contributed by atoms with E-state index in [0.29, 0.717) is 18.7 Å². The molecule has 3 amide bonds.